The minimum absolute atomic E-state index is 0.241. The molecule has 5 heteroatoms. The lowest BCUT2D eigenvalue weighted by Crippen LogP contribution is -1.93. The van der Waals surface area contributed by atoms with Crippen molar-refractivity contribution in [3.8, 4) is 17.0 Å². The Balaban J connectivity index is 1.92. The highest BCUT2D eigenvalue weighted by Gasteiger charge is 2.24. The largest absolute Gasteiger partial charge is 0.507 e. The SMILES string of the molecule is Oc1cc(C2CC2)ccc1-c1nnc(Cl)c2cc(Br)ccc12. The molecule has 0 bridgehead atoms. The molecule has 0 amide bonds. The molecule has 1 N–H and O–H groups in total. The van der Waals surface area contributed by atoms with Gasteiger partial charge in [0.25, 0.3) is 0 Å². The van der Waals surface area contributed by atoms with E-state index in [4.69, 9.17) is 11.6 Å². The Morgan fingerprint density at radius 3 is 2.59 bits per heavy atom. The number of nitrogens with zero attached hydrogens (tertiary/aromatic N) is 2. The third kappa shape index (κ3) is 2.36. The van der Waals surface area contributed by atoms with E-state index in [1.807, 2.05) is 30.3 Å². The van der Waals surface area contributed by atoms with Gasteiger partial charge in [-0.25, -0.2) is 0 Å². The highest BCUT2D eigenvalue weighted by molar-refractivity contribution is 9.10. The standard InChI is InChI=1S/C17H12BrClN2O/c18-11-4-6-12-14(8-11)17(19)21-20-16(12)13-5-3-10(7-15(13)22)9-1-2-9/h3-9,22H,1-2H2. The molecule has 1 saturated carbocycles. The minimum Gasteiger partial charge on any atom is -0.507 e. The molecule has 2 aromatic carbocycles. The first-order chi connectivity index (χ1) is 10.6. The average molecular weight is 376 g/mol. The van der Waals surface area contributed by atoms with Crippen LogP contribution >= 0.6 is 27.5 Å². The number of phenols is 1. The predicted octanol–water partition coefficient (Wildman–Crippen LogP) is 5.30. The van der Waals surface area contributed by atoms with Gasteiger partial charge >= 0.3 is 0 Å². The van der Waals surface area contributed by atoms with Gasteiger partial charge in [-0.2, -0.15) is 0 Å². The van der Waals surface area contributed by atoms with Gasteiger partial charge in [0.15, 0.2) is 5.15 Å². The van der Waals surface area contributed by atoms with Crippen LogP contribution in [-0.2, 0) is 0 Å². The summed E-state index contributed by atoms with van der Waals surface area (Å²) in [4.78, 5) is 0. The van der Waals surface area contributed by atoms with E-state index in [1.54, 1.807) is 0 Å². The van der Waals surface area contributed by atoms with Gasteiger partial charge in [-0.3, -0.25) is 0 Å². The summed E-state index contributed by atoms with van der Waals surface area (Å²) in [6.45, 7) is 0. The molecular formula is C17H12BrClN2O. The summed E-state index contributed by atoms with van der Waals surface area (Å²) in [6.07, 6.45) is 2.41. The number of hydrogen-bond acceptors (Lipinski definition) is 3. The normalized spacial score (nSPS) is 14.5. The molecule has 110 valence electrons. The average Bonchev–Trinajstić information content (AvgIpc) is 3.33. The van der Waals surface area contributed by atoms with Crippen molar-refractivity contribution in [2.45, 2.75) is 18.8 Å². The molecule has 22 heavy (non-hydrogen) atoms. The highest BCUT2D eigenvalue weighted by Crippen LogP contribution is 2.43. The van der Waals surface area contributed by atoms with Crippen molar-refractivity contribution < 1.29 is 5.11 Å². The van der Waals surface area contributed by atoms with Crippen LogP contribution in [0.5, 0.6) is 5.75 Å². The molecule has 1 aromatic heterocycles. The molecule has 0 radical (unpaired) electrons. The fraction of sp³-hybridized carbons (Fsp3) is 0.176. The number of fused-ring (bicyclic) bond motifs is 1. The summed E-state index contributed by atoms with van der Waals surface area (Å²) in [5.74, 6) is 0.842. The van der Waals surface area contributed by atoms with Gasteiger partial charge in [0.1, 0.15) is 11.4 Å². The molecule has 0 aliphatic heterocycles. The third-order valence-corrected chi connectivity index (χ3v) is 4.79. The van der Waals surface area contributed by atoms with Crippen LogP contribution in [0.1, 0.15) is 24.3 Å². The van der Waals surface area contributed by atoms with Crippen molar-refractivity contribution in [3.63, 3.8) is 0 Å². The zero-order chi connectivity index (χ0) is 15.3. The van der Waals surface area contributed by atoms with E-state index in [1.165, 1.54) is 18.4 Å². The Hall–Kier alpha value is -1.65. The van der Waals surface area contributed by atoms with Crippen molar-refractivity contribution in [3.05, 3.63) is 51.6 Å². The predicted molar refractivity (Wildman–Crippen MR) is 91.3 cm³/mol. The van der Waals surface area contributed by atoms with E-state index in [0.29, 0.717) is 22.3 Å². The molecule has 3 nitrogen and oxygen atoms in total. The van der Waals surface area contributed by atoms with E-state index in [-0.39, 0.29) is 5.75 Å². The van der Waals surface area contributed by atoms with Gasteiger partial charge in [0, 0.05) is 20.8 Å². The Bertz CT molecular complexity index is 893. The van der Waals surface area contributed by atoms with Crippen molar-refractivity contribution in [1.29, 1.82) is 0 Å². The van der Waals surface area contributed by atoms with E-state index in [0.717, 1.165) is 15.2 Å². The molecule has 1 aliphatic carbocycles. The number of aromatic hydroxyl groups is 1. The second-order valence-corrected chi connectivity index (χ2v) is 6.85. The number of hydrogen-bond donors (Lipinski definition) is 1. The van der Waals surface area contributed by atoms with Crippen LogP contribution in [-0.4, -0.2) is 15.3 Å². The Morgan fingerprint density at radius 1 is 1.05 bits per heavy atom. The van der Waals surface area contributed by atoms with Crippen LogP contribution in [0, 0.1) is 0 Å². The molecule has 1 fully saturated rings. The fourth-order valence-corrected chi connectivity index (χ4v) is 3.27. The van der Waals surface area contributed by atoms with Gasteiger partial charge in [-0.05, 0) is 48.6 Å². The number of aromatic nitrogens is 2. The van der Waals surface area contributed by atoms with Gasteiger partial charge in [-0.1, -0.05) is 39.7 Å². The van der Waals surface area contributed by atoms with Gasteiger partial charge in [0.05, 0.1) is 0 Å². The second-order valence-electron chi connectivity index (χ2n) is 5.58. The summed E-state index contributed by atoms with van der Waals surface area (Å²) >= 11 is 9.58. The van der Waals surface area contributed by atoms with Crippen molar-refractivity contribution in [1.82, 2.24) is 10.2 Å². The zero-order valence-electron chi connectivity index (χ0n) is 11.6. The molecule has 1 aliphatic rings. The number of rotatable bonds is 2. The summed E-state index contributed by atoms with van der Waals surface area (Å²) in [7, 11) is 0. The highest BCUT2D eigenvalue weighted by atomic mass is 79.9. The maximum absolute atomic E-state index is 10.4. The summed E-state index contributed by atoms with van der Waals surface area (Å²) in [5, 5.41) is 20.7. The first-order valence-corrected chi connectivity index (χ1v) is 8.25. The van der Waals surface area contributed by atoms with E-state index >= 15 is 0 Å². The lowest BCUT2D eigenvalue weighted by atomic mass is 10.0. The topological polar surface area (TPSA) is 46.0 Å². The van der Waals surface area contributed by atoms with Crippen molar-refractivity contribution in [2.75, 3.05) is 0 Å². The minimum atomic E-state index is 0.241. The zero-order valence-corrected chi connectivity index (χ0v) is 13.9. The van der Waals surface area contributed by atoms with Crippen molar-refractivity contribution >= 4 is 38.3 Å². The Labute approximate surface area is 141 Å². The fourth-order valence-electron chi connectivity index (χ4n) is 2.71. The first-order valence-electron chi connectivity index (χ1n) is 7.08. The molecule has 0 unspecified atom stereocenters. The summed E-state index contributed by atoms with van der Waals surface area (Å²) < 4.78 is 0.925. The maximum atomic E-state index is 10.4. The van der Waals surface area contributed by atoms with Crippen LogP contribution in [0.25, 0.3) is 22.0 Å². The molecule has 0 saturated heterocycles. The lowest BCUT2D eigenvalue weighted by Gasteiger charge is -2.10. The maximum Gasteiger partial charge on any atom is 0.159 e. The van der Waals surface area contributed by atoms with Gasteiger partial charge in [-0.15, -0.1) is 10.2 Å². The van der Waals surface area contributed by atoms with Crippen LogP contribution in [0.4, 0.5) is 0 Å². The number of phenolic OH excluding ortho intramolecular Hbond substituents is 1. The van der Waals surface area contributed by atoms with Crippen LogP contribution in [0.2, 0.25) is 5.15 Å². The van der Waals surface area contributed by atoms with E-state index in [2.05, 4.69) is 32.2 Å². The summed E-state index contributed by atoms with van der Waals surface area (Å²) in [6, 6.07) is 11.6. The van der Waals surface area contributed by atoms with Gasteiger partial charge in [0.2, 0.25) is 0 Å². The van der Waals surface area contributed by atoms with Crippen molar-refractivity contribution in [2.24, 2.45) is 0 Å². The Morgan fingerprint density at radius 2 is 1.86 bits per heavy atom. The number of benzene rings is 2. The molecule has 1 heterocycles. The number of halogens is 2. The van der Waals surface area contributed by atoms with Crippen LogP contribution < -0.4 is 0 Å². The summed E-state index contributed by atoms with van der Waals surface area (Å²) in [5.41, 5.74) is 2.52. The monoisotopic (exact) mass is 374 g/mol. The second kappa shape index (κ2) is 5.21. The first kappa shape index (κ1) is 14.0. The lowest BCUT2D eigenvalue weighted by molar-refractivity contribution is 0.476. The molecule has 4 rings (SSSR count). The quantitative estimate of drug-likeness (QED) is 0.661. The molecular weight excluding hydrogens is 364 g/mol. The Kier molecular flexibility index (Phi) is 3.31. The smallest absolute Gasteiger partial charge is 0.159 e. The van der Waals surface area contributed by atoms with Crippen LogP contribution in [0.3, 0.4) is 0 Å². The van der Waals surface area contributed by atoms with Gasteiger partial charge < -0.3 is 5.11 Å². The molecule has 3 aromatic rings. The van der Waals surface area contributed by atoms with Crippen LogP contribution in [0.15, 0.2) is 40.9 Å². The van der Waals surface area contributed by atoms with E-state index < -0.39 is 0 Å². The van der Waals surface area contributed by atoms with E-state index in [9.17, 15) is 5.11 Å². The third-order valence-electron chi connectivity index (χ3n) is 4.02. The molecule has 0 atom stereocenters. The molecule has 0 spiro atoms.